The van der Waals surface area contributed by atoms with E-state index in [2.05, 4.69) is 64.1 Å². The molecule has 1 heterocycles. The van der Waals surface area contributed by atoms with Gasteiger partial charge in [-0.1, -0.05) is 57.0 Å². The number of rotatable bonds is 12. The molecule has 0 fully saturated rings. The molecule has 3 rings (SSSR count). The van der Waals surface area contributed by atoms with E-state index in [1.807, 2.05) is 37.4 Å². The summed E-state index contributed by atoms with van der Waals surface area (Å²) < 4.78 is 0.919. The van der Waals surface area contributed by atoms with Crippen LogP contribution in [0.4, 0.5) is 0 Å². The summed E-state index contributed by atoms with van der Waals surface area (Å²) in [6.07, 6.45) is 12.7. The molecule has 214 valence electrons. The van der Waals surface area contributed by atoms with Gasteiger partial charge in [0.15, 0.2) is 5.78 Å². The number of unbranched alkanes of at least 4 members (excludes halogenated alkanes) is 1. The molecule has 0 bridgehead atoms. The Balaban J connectivity index is 0.000000355. The van der Waals surface area contributed by atoms with Gasteiger partial charge >= 0.3 is 0 Å². The Kier molecular flexibility index (Phi) is 14.4. The lowest BCUT2D eigenvalue weighted by atomic mass is 9.93. The van der Waals surface area contributed by atoms with Crippen molar-refractivity contribution in [2.45, 2.75) is 79.2 Å². The number of carbonyl (C=O) groups is 2. The number of benzene rings is 1. The number of ketones is 2. The topological polar surface area (TPSA) is 83.8 Å². The summed E-state index contributed by atoms with van der Waals surface area (Å²) in [5, 5.41) is 3.48. The molecule has 7 heteroatoms. The molecule has 40 heavy (non-hydrogen) atoms. The van der Waals surface area contributed by atoms with Crippen LogP contribution in [-0.4, -0.2) is 35.5 Å². The average Bonchev–Trinajstić information content (AvgIpc) is 3.30. The zero-order valence-electron chi connectivity index (χ0n) is 24.7. The van der Waals surface area contributed by atoms with Gasteiger partial charge in [-0.3, -0.25) is 24.6 Å². The third-order valence-corrected chi connectivity index (χ3v) is 7.66. The predicted octanol–water partition coefficient (Wildman–Crippen LogP) is 8.01. The second kappa shape index (κ2) is 17.5. The zero-order valence-corrected chi connectivity index (χ0v) is 26.3. The Hall–Kier alpha value is -3.19. The fourth-order valence-corrected chi connectivity index (χ4v) is 4.84. The number of fused-ring (bicyclic) bond motifs is 1. The van der Waals surface area contributed by atoms with Gasteiger partial charge in [-0.2, -0.15) is 0 Å². The number of nitrogens with one attached hydrogen (secondary N) is 1. The number of allylic oxidation sites excluding steroid dienone is 4. The van der Waals surface area contributed by atoms with Gasteiger partial charge < -0.3 is 5.32 Å². The number of aromatic nitrogens is 1. The van der Waals surface area contributed by atoms with E-state index in [-0.39, 0.29) is 17.5 Å². The molecule has 0 radical (unpaired) electrons. The first-order chi connectivity index (χ1) is 19.2. The fourth-order valence-electron chi connectivity index (χ4n) is 4.55. The largest absolute Gasteiger partial charge is 0.384 e. The lowest BCUT2D eigenvalue weighted by Gasteiger charge is -2.17. The highest BCUT2D eigenvalue weighted by Crippen LogP contribution is 2.33. The van der Waals surface area contributed by atoms with Crippen molar-refractivity contribution < 1.29 is 9.59 Å². The summed E-state index contributed by atoms with van der Waals surface area (Å²) in [5.74, 6) is 0.437. The SMILES string of the molecule is CC(=O)C1CC(=O)c2ccccc21.CCCCC(CC)C(/C=C(\C)NCc1cccnc1)=N/C(C)=C(\Br)C=NC. The second-order valence-corrected chi connectivity index (χ2v) is 10.9. The van der Waals surface area contributed by atoms with Crippen molar-refractivity contribution in [3.8, 4) is 0 Å². The third-order valence-electron chi connectivity index (χ3n) is 6.88. The quantitative estimate of drug-likeness (QED) is 0.248. The molecule has 0 amide bonds. The summed E-state index contributed by atoms with van der Waals surface area (Å²) in [4.78, 5) is 35.8. The van der Waals surface area contributed by atoms with Gasteiger partial charge in [0.05, 0.1) is 16.1 Å². The number of halogens is 1. The molecular formula is C33H43BrN4O2. The third kappa shape index (κ3) is 10.4. The molecule has 0 saturated carbocycles. The van der Waals surface area contributed by atoms with E-state index >= 15 is 0 Å². The summed E-state index contributed by atoms with van der Waals surface area (Å²) in [6, 6.07) is 11.4. The Morgan fingerprint density at radius 2 is 1.93 bits per heavy atom. The lowest BCUT2D eigenvalue weighted by Crippen LogP contribution is -2.17. The van der Waals surface area contributed by atoms with Gasteiger partial charge in [0.25, 0.3) is 0 Å². The van der Waals surface area contributed by atoms with Crippen LogP contribution in [0.15, 0.2) is 80.7 Å². The number of pyridine rings is 1. The monoisotopic (exact) mass is 606 g/mol. The van der Waals surface area contributed by atoms with E-state index in [0.717, 1.165) is 52.1 Å². The minimum atomic E-state index is -0.191. The van der Waals surface area contributed by atoms with Crippen molar-refractivity contribution in [2.75, 3.05) is 7.05 Å². The van der Waals surface area contributed by atoms with Crippen LogP contribution < -0.4 is 5.32 Å². The van der Waals surface area contributed by atoms with Gasteiger partial charge in [-0.25, -0.2) is 0 Å². The number of aliphatic imine (C=N–C) groups is 2. The van der Waals surface area contributed by atoms with Crippen LogP contribution in [-0.2, 0) is 11.3 Å². The summed E-state index contributed by atoms with van der Waals surface area (Å²) in [6.45, 7) is 10.9. The smallest absolute Gasteiger partial charge is 0.164 e. The van der Waals surface area contributed by atoms with Crippen LogP contribution >= 0.6 is 15.9 Å². The molecule has 1 aliphatic rings. The van der Waals surface area contributed by atoms with Crippen molar-refractivity contribution in [1.29, 1.82) is 0 Å². The van der Waals surface area contributed by atoms with Crippen molar-refractivity contribution >= 4 is 39.4 Å². The van der Waals surface area contributed by atoms with E-state index in [9.17, 15) is 9.59 Å². The average molecular weight is 608 g/mol. The van der Waals surface area contributed by atoms with Crippen molar-refractivity contribution in [2.24, 2.45) is 15.9 Å². The molecule has 0 aliphatic heterocycles. The van der Waals surface area contributed by atoms with Crippen molar-refractivity contribution in [3.05, 3.63) is 87.4 Å². The van der Waals surface area contributed by atoms with E-state index in [1.165, 1.54) is 18.4 Å². The van der Waals surface area contributed by atoms with Crippen LogP contribution in [0.1, 0.15) is 94.1 Å². The van der Waals surface area contributed by atoms with E-state index < -0.39 is 0 Å². The minimum Gasteiger partial charge on any atom is -0.384 e. The number of hydrogen-bond acceptors (Lipinski definition) is 6. The minimum absolute atomic E-state index is 0.0818. The first kappa shape index (κ1) is 33.0. The van der Waals surface area contributed by atoms with Gasteiger partial charge in [-0.15, -0.1) is 0 Å². The van der Waals surface area contributed by atoms with Gasteiger partial charge in [0.1, 0.15) is 5.78 Å². The van der Waals surface area contributed by atoms with Gasteiger partial charge in [0, 0.05) is 61.5 Å². The molecule has 0 saturated heterocycles. The number of hydrogen-bond donors (Lipinski definition) is 1. The maximum absolute atomic E-state index is 11.4. The molecule has 6 nitrogen and oxygen atoms in total. The first-order valence-electron chi connectivity index (χ1n) is 14.0. The lowest BCUT2D eigenvalue weighted by molar-refractivity contribution is -0.118. The van der Waals surface area contributed by atoms with Gasteiger partial charge in [0.2, 0.25) is 0 Å². The summed E-state index contributed by atoms with van der Waals surface area (Å²) in [7, 11) is 1.77. The van der Waals surface area contributed by atoms with Crippen LogP contribution in [0.2, 0.25) is 0 Å². The van der Waals surface area contributed by atoms with Crippen LogP contribution in [0.25, 0.3) is 0 Å². The Morgan fingerprint density at radius 1 is 1.18 bits per heavy atom. The van der Waals surface area contributed by atoms with E-state index in [1.54, 1.807) is 32.4 Å². The molecule has 2 unspecified atom stereocenters. The second-order valence-electron chi connectivity index (χ2n) is 10.0. The molecular weight excluding hydrogens is 564 g/mol. The number of Topliss-reactive ketones (excluding diaryl/α,β-unsaturated/α-hetero) is 2. The standard InChI is InChI=1S/C22H33BrN4.C11H10O2/c1-6-8-11-20(7-2)22(27-18(4)21(23)16-24-5)13-17(3)26-15-19-10-9-12-25-14-19;1-7(12)10-6-11(13)9-5-3-2-4-8(9)10/h9-10,12-14,16,20,26H,6-8,11,15H2,1-5H3;2-5,10H,6H2,1H3/b17-13+,21-18-,24-16?,27-22+;. The number of nitrogens with zero attached hydrogens (tertiary/aromatic N) is 3. The van der Waals surface area contributed by atoms with Crippen LogP contribution in [0, 0.1) is 5.92 Å². The van der Waals surface area contributed by atoms with Crippen LogP contribution in [0.3, 0.4) is 0 Å². The van der Waals surface area contributed by atoms with E-state index in [4.69, 9.17) is 4.99 Å². The molecule has 1 aromatic heterocycles. The maximum atomic E-state index is 11.4. The molecule has 0 spiro atoms. The Morgan fingerprint density at radius 3 is 2.55 bits per heavy atom. The highest BCUT2D eigenvalue weighted by atomic mass is 79.9. The van der Waals surface area contributed by atoms with Gasteiger partial charge in [-0.05, 0) is 72.8 Å². The molecule has 1 N–H and O–H groups in total. The Labute approximate surface area is 248 Å². The summed E-state index contributed by atoms with van der Waals surface area (Å²) >= 11 is 3.56. The highest BCUT2D eigenvalue weighted by molar-refractivity contribution is 9.12. The first-order valence-corrected chi connectivity index (χ1v) is 14.8. The summed E-state index contributed by atoms with van der Waals surface area (Å²) in [5.41, 5.74) is 5.98. The number of carbonyl (C=O) groups excluding carboxylic acids is 2. The fraction of sp³-hybridized carbons (Fsp3) is 0.424. The zero-order chi connectivity index (χ0) is 29.5. The Bertz CT molecular complexity index is 1250. The van der Waals surface area contributed by atoms with Crippen molar-refractivity contribution in [3.63, 3.8) is 0 Å². The molecule has 2 atom stereocenters. The molecule has 2 aromatic rings. The highest BCUT2D eigenvalue weighted by Gasteiger charge is 2.31. The maximum Gasteiger partial charge on any atom is 0.164 e. The van der Waals surface area contributed by atoms with Crippen molar-refractivity contribution in [1.82, 2.24) is 10.3 Å². The molecule has 1 aromatic carbocycles. The normalized spacial score (nSPS) is 16.7. The van der Waals surface area contributed by atoms with E-state index in [0.29, 0.717) is 12.3 Å². The predicted molar refractivity (Wildman–Crippen MR) is 170 cm³/mol. The van der Waals surface area contributed by atoms with Crippen LogP contribution in [0.5, 0.6) is 0 Å². The molecule has 1 aliphatic carbocycles.